The van der Waals surface area contributed by atoms with Crippen LogP contribution in [0.3, 0.4) is 0 Å². The Bertz CT molecular complexity index is 1480. The number of hydrogen-bond acceptors (Lipinski definition) is 4. The van der Waals surface area contributed by atoms with Crippen molar-refractivity contribution in [1.82, 2.24) is 10.2 Å². The molecule has 3 aromatic carbocycles. The van der Waals surface area contributed by atoms with E-state index in [1.165, 1.54) is 29.2 Å². The average Bonchev–Trinajstić information content (AvgIpc) is 2.98. The van der Waals surface area contributed by atoms with E-state index in [0.29, 0.717) is 28.3 Å². The van der Waals surface area contributed by atoms with Gasteiger partial charge in [-0.3, -0.25) is 13.9 Å². The van der Waals surface area contributed by atoms with Crippen molar-refractivity contribution in [2.24, 2.45) is 0 Å². The molecule has 0 aromatic heterocycles. The summed E-state index contributed by atoms with van der Waals surface area (Å²) in [7, 11) is -4.18. The summed E-state index contributed by atoms with van der Waals surface area (Å²) >= 11 is 6.17. The molecule has 1 saturated carbocycles. The second-order valence-electron chi connectivity index (χ2n) is 10.7. The molecule has 42 heavy (non-hydrogen) atoms. The highest BCUT2D eigenvalue weighted by Gasteiger charge is 2.34. The predicted octanol–water partition coefficient (Wildman–Crippen LogP) is 6.24. The quantitative estimate of drug-likeness (QED) is 0.277. The molecule has 0 heterocycles. The molecule has 4 rings (SSSR count). The van der Waals surface area contributed by atoms with E-state index < -0.39 is 34.3 Å². The van der Waals surface area contributed by atoms with Crippen LogP contribution in [-0.4, -0.2) is 43.8 Å². The SMILES string of the molecule is CC[C@H](C(=O)NC1CCCCC1)N(Cc1ccc(F)cc1)C(=O)CN(c1ccc(Cl)cc1C)S(=O)(=O)c1ccccc1. The van der Waals surface area contributed by atoms with Gasteiger partial charge in [0, 0.05) is 17.6 Å². The molecule has 1 aliphatic rings. The number of anilines is 1. The standard InChI is InChI=1S/C32H37ClFN3O4S/c1-3-29(32(39)35-27-10-6-4-7-11-27)36(21-24-14-17-26(34)18-15-24)31(38)22-37(30-19-16-25(33)20-23(30)2)42(40,41)28-12-8-5-9-13-28/h5,8-9,12-20,27,29H,3-4,6-7,10-11,21-22H2,1-2H3,(H,35,39)/t29-/m1/s1. The number of rotatable bonds is 11. The van der Waals surface area contributed by atoms with Crippen molar-refractivity contribution in [3.05, 3.63) is 94.8 Å². The number of benzene rings is 3. The molecule has 0 bridgehead atoms. The highest BCUT2D eigenvalue weighted by Crippen LogP contribution is 2.29. The molecule has 0 saturated heterocycles. The van der Waals surface area contributed by atoms with Gasteiger partial charge in [-0.2, -0.15) is 0 Å². The first-order chi connectivity index (χ1) is 20.1. The summed E-state index contributed by atoms with van der Waals surface area (Å²) in [5, 5.41) is 3.55. The van der Waals surface area contributed by atoms with Crippen LogP contribution >= 0.6 is 11.6 Å². The van der Waals surface area contributed by atoms with Crippen LogP contribution in [-0.2, 0) is 26.2 Å². The number of nitrogens with zero attached hydrogens (tertiary/aromatic N) is 2. The lowest BCUT2D eigenvalue weighted by atomic mass is 9.95. The Morgan fingerprint density at radius 3 is 2.29 bits per heavy atom. The first-order valence-electron chi connectivity index (χ1n) is 14.3. The molecule has 0 unspecified atom stereocenters. The monoisotopic (exact) mass is 613 g/mol. The first-order valence-corrected chi connectivity index (χ1v) is 16.1. The number of aryl methyl sites for hydroxylation is 1. The fourth-order valence-corrected chi connectivity index (χ4v) is 7.11. The Morgan fingerprint density at radius 2 is 1.67 bits per heavy atom. The smallest absolute Gasteiger partial charge is 0.264 e. The van der Waals surface area contributed by atoms with Gasteiger partial charge < -0.3 is 10.2 Å². The van der Waals surface area contributed by atoms with Crippen LogP contribution in [0.15, 0.2) is 77.7 Å². The van der Waals surface area contributed by atoms with Gasteiger partial charge in [0.05, 0.1) is 10.6 Å². The molecule has 0 aliphatic heterocycles. The largest absolute Gasteiger partial charge is 0.352 e. The molecule has 0 radical (unpaired) electrons. The third kappa shape index (κ3) is 7.69. The molecule has 7 nitrogen and oxygen atoms in total. The maximum absolute atomic E-state index is 14.2. The number of carbonyl (C=O) groups excluding carboxylic acids is 2. The maximum atomic E-state index is 14.2. The van der Waals surface area contributed by atoms with Gasteiger partial charge in [0.25, 0.3) is 10.0 Å². The van der Waals surface area contributed by atoms with E-state index in [1.807, 2.05) is 6.92 Å². The van der Waals surface area contributed by atoms with Gasteiger partial charge in [0.2, 0.25) is 11.8 Å². The second kappa shape index (κ2) is 14.2. The minimum Gasteiger partial charge on any atom is -0.352 e. The van der Waals surface area contributed by atoms with Gasteiger partial charge >= 0.3 is 0 Å². The summed E-state index contributed by atoms with van der Waals surface area (Å²) in [6, 6.07) is 17.6. The molecule has 2 amide bonds. The molecule has 10 heteroatoms. The molecule has 1 aliphatic carbocycles. The van der Waals surface area contributed by atoms with Gasteiger partial charge in [-0.15, -0.1) is 0 Å². The molecule has 224 valence electrons. The topological polar surface area (TPSA) is 86.8 Å². The van der Waals surface area contributed by atoms with Crippen LogP contribution in [0.4, 0.5) is 10.1 Å². The van der Waals surface area contributed by atoms with Gasteiger partial charge in [0.1, 0.15) is 18.4 Å². The van der Waals surface area contributed by atoms with Crippen molar-refractivity contribution in [3.8, 4) is 0 Å². The van der Waals surface area contributed by atoms with Gasteiger partial charge in [-0.25, -0.2) is 12.8 Å². The molecular weight excluding hydrogens is 577 g/mol. The summed E-state index contributed by atoms with van der Waals surface area (Å²) in [6.07, 6.45) is 5.28. The summed E-state index contributed by atoms with van der Waals surface area (Å²) in [6.45, 7) is 3.00. The van der Waals surface area contributed by atoms with Crippen LogP contribution in [0.25, 0.3) is 0 Å². The fourth-order valence-electron chi connectivity index (χ4n) is 5.38. The lowest BCUT2D eigenvalue weighted by Crippen LogP contribution is -2.54. The molecule has 0 spiro atoms. The maximum Gasteiger partial charge on any atom is 0.264 e. The Labute approximate surface area is 252 Å². The first kappa shape index (κ1) is 31.5. The number of hydrogen-bond donors (Lipinski definition) is 1. The Kier molecular flexibility index (Phi) is 10.6. The van der Waals surface area contributed by atoms with E-state index in [9.17, 15) is 22.4 Å². The van der Waals surface area contributed by atoms with Crippen LogP contribution in [0.1, 0.15) is 56.6 Å². The minimum atomic E-state index is -4.18. The van der Waals surface area contributed by atoms with E-state index in [1.54, 1.807) is 55.5 Å². The van der Waals surface area contributed by atoms with Gasteiger partial charge in [-0.05, 0) is 79.8 Å². The van der Waals surface area contributed by atoms with E-state index in [4.69, 9.17) is 11.6 Å². The summed E-state index contributed by atoms with van der Waals surface area (Å²) < 4.78 is 42.7. The van der Waals surface area contributed by atoms with Crippen molar-refractivity contribution >= 4 is 39.1 Å². The Morgan fingerprint density at radius 1 is 1.00 bits per heavy atom. The lowest BCUT2D eigenvalue weighted by Gasteiger charge is -2.34. The number of amides is 2. The fraction of sp³-hybridized carbons (Fsp3) is 0.375. The Balaban J connectivity index is 1.72. The number of halogens is 2. The van der Waals surface area contributed by atoms with Crippen LogP contribution in [0, 0.1) is 12.7 Å². The molecular formula is C32H37ClFN3O4S. The molecule has 1 fully saturated rings. The normalized spacial score (nSPS) is 14.7. The third-order valence-electron chi connectivity index (χ3n) is 7.64. The van der Waals surface area contributed by atoms with Gasteiger partial charge in [-0.1, -0.05) is 68.1 Å². The van der Waals surface area contributed by atoms with Crippen molar-refractivity contribution in [2.45, 2.75) is 75.9 Å². The highest BCUT2D eigenvalue weighted by atomic mass is 35.5. The van der Waals surface area contributed by atoms with Crippen LogP contribution < -0.4 is 9.62 Å². The van der Waals surface area contributed by atoms with E-state index in [-0.39, 0.29) is 23.4 Å². The average molecular weight is 614 g/mol. The van der Waals surface area contributed by atoms with E-state index in [2.05, 4.69) is 5.32 Å². The Hall–Kier alpha value is -3.43. The van der Waals surface area contributed by atoms with Gasteiger partial charge in [0.15, 0.2) is 0 Å². The molecule has 3 aromatic rings. The van der Waals surface area contributed by atoms with Crippen molar-refractivity contribution in [3.63, 3.8) is 0 Å². The summed E-state index contributed by atoms with van der Waals surface area (Å²) in [5.74, 6) is -1.25. The zero-order valence-electron chi connectivity index (χ0n) is 23.9. The third-order valence-corrected chi connectivity index (χ3v) is 9.65. The molecule has 1 atom stereocenters. The second-order valence-corrected chi connectivity index (χ2v) is 13.0. The summed E-state index contributed by atoms with van der Waals surface area (Å²) in [4.78, 5) is 29.2. The van der Waals surface area contributed by atoms with Crippen molar-refractivity contribution < 1.29 is 22.4 Å². The zero-order chi connectivity index (χ0) is 30.3. The van der Waals surface area contributed by atoms with Crippen molar-refractivity contribution in [1.29, 1.82) is 0 Å². The van der Waals surface area contributed by atoms with Crippen LogP contribution in [0.5, 0.6) is 0 Å². The minimum absolute atomic E-state index is 0.00846. The van der Waals surface area contributed by atoms with E-state index >= 15 is 0 Å². The van der Waals surface area contributed by atoms with E-state index in [0.717, 1.165) is 36.4 Å². The number of carbonyl (C=O) groups is 2. The number of nitrogens with one attached hydrogen (secondary N) is 1. The van der Waals surface area contributed by atoms with Crippen LogP contribution in [0.2, 0.25) is 5.02 Å². The predicted molar refractivity (Wildman–Crippen MR) is 163 cm³/mol. The highest BCUT2D eigenvalue weighted by molar-refractivity contribution is 7.92. The van der Waals surface area contributed by atoms with Crippen molar-refractivity contribution in [2.75, 3.05) is 10.8 Å². The number of sulfonamides is 1. The molecule has 1 N–H and O–H groups in total. The lowest BCUT2D eigenvalue weighted by molar-refractivity contribution is -0.140. The zero-order valence-corrected chi connectivity index (χ0v) is 25.5. The summed E-state index contributed by atoms with van der Waals surface area (Å²) in [5.41, 5.74) is 1.49.